The van der Waals surface area contributed by atoms with E-state index in [1.54, 1.807) is 0 Å². The molecule has 0 N–H and O–H groups in total. The Bertz CT molecular complexity index is 1890. The van der Waals surface area contributed by atoms with Crippen LogP contribution in [0.5, 0.6) is 0 Å². The third-order valence-electron chi connectivity index (χ3n) is 8.51. The maximum atomic E-state index is 2.40. The van der Waals surface area contributed by atoms with Crippen molar-refractivity contribution in [2.75, 3.05) is 0 Å². The van der Waals surface area contributed by atoms with Crippen LogP contribution >= 0.6 is 7.26 Å². The lowest BCUT2D eigenvalue weighted by Crippen LogP contribution is -3.00. The first-order valence-corrected chi connectivity index (χ1v) is 16.0. The van der Waals surface area contributed by atoms with Gasteiger partial charge in [0.25, 0.3) is 0 Å². The molecule has 8 rings (SSSR count). The number of benzene rings is 8. The lowest BCUT2D eigenvalue weighted by Gasteiger charge is -2.31. The van der Waals surface area contributed by atoms with Crippen LogP contribution in [0.25, 0.3) is 43.1 Å². The lowest BCUT2D eigenvalue weighted by molar-refractivity contribution is -0.00000752. The highest BCUT2D eigenvalue weighted by atomic mass is 35.5. The highest BCUT2D eigenvalue weighted by molar-refractivity contribution is 8.02. The molecule has 0 heterocycles. The van der Waals surface area contributed by atoms with Crippen molar-refractivity contribution in [3.63, 3.8) is 0 Å². The highest BCUT2D eigenvalue weighted by Gasteiger charge is 2.51. The van der Waals surface area contributed by atoms with Crippen LogP contribution in [0, 0.1) is 0 Å². The van der Waals surface area contributed by atoms with Crippen molar-refractivity contribution >= 4 is 71.6 Å². The van der Waals surface area contributed by atoms with E-state index in [2.05, 4.69) is 170 Å². The summed E-state index contributed by atoms with van der Waals surface area (Å²) in [5, 5.41) is 16.0. The third kappa shape index (κ3) is 3.95. The summed E-state index contributed by atoms with van der Waals surface area (Å²) in [5.41, 5.74) is 0. The first-order valence-electron chi connectivity index (χ1n) is 14.2. The van der Waals surface area contributed by atoms with Gasteiger partial charge in [0.15, 0.2) is 0 Å². The van der Waals surface area contributed by atoms with Gasteiger partial charge in [0, 0.05) is 21.5 Å². The molecule has 0 amide bonds. The van der Waals surface area contributed by atoms with E-state index < -0.39 is 7.26 Å². The molecule has 200 valence electrons. The Hall–Kier alpha value is -4.48. The Morgan fingerprint density at radius 2 is 0.452 bits per heavy atom. The van der Waals surface area contributed by atoms with E-state index in [0.29, 0.717) is 0 Å². The summed E-state index contributed by atoms with van der Waals surface area (Å²) in [6.45, 7) is 0. The Morgan fingerprint density at radius 3 is 0.714 bits per heavy atom. The van der Waals surface area contributed by atoms with Gasteiger partial charge in [0.05, 0.1) is 0 Å². The Balaban J connectivity index is 0.00000288. The van der Waals surface area contributed by atoms with Crippen molar-refractivity contribution in [3.8, 4) is 0 Å². The van der Waals surface area contributed by atoms with Gasteiger partial charge in [-0.15, -0.1) is 0 Å². The normalized spacial score (nSPS) is 11.6. The molecular formula is C40H28ClP. The molecule has 0 atom stereocenters. The molecule has 0 saturated heterocycles. The van der Waals surface area contributed by atoms with E-state index in [1.165, 1.54) is 64.3 Å². The predicted octanol–water partition coefficient (Wildman–Crippen LogP) is 5.92. The average molecular weight is 575 g/mol. The Morgan fingerprint density at radius 1 is 0.238 bits per heavy atom. The minimum Gasteiger partial charge on any atom is -1.00 e. The van der Waals surface area contributed by atoms with Gasteiger partial charge < -0.3 is 12.4 Å². The maximum absolute atomic E-state index is 2.49. The number of halogens is 1. The largest absolute Gasteiger partial charge is 1.00 e. The van der Waals surface area contributed by atoms with E-state index in [-0.39, 0.29) is 12.4 Å². The van der Waals surface area contributed by atoms with Crippen LogP contribution < -0.4 is 33.6 Å². The Kier molecular flexibility index (Phi) is 6.75. The van der Waals surface area contributed by atoms with Gasteiger partial charge in [-0.2, -0.15) is 0 Å². The summed E-state index contributed by atoms with van der Waals surface area (Å²) >= 11 is 0. The zero-order valence-electron chi connectivity index (χ0n) is 23.0. The maximum Gasteiger partial charge on any atom is 0.146 e. The quantitative estimate of drug-likeness (QED) is 0.229. The molecule has 0 unspecified atom stereocenters. The zero-order valence-corrected chi connectivity index (χ0v) is 24.6. The van der Waals surface area contributed by atoms with Crippen LogP contribution in [-0.4, -0.2) is 0 Å². The second-order valence-corrected chi connectivity index (χ2v) is 13.9. The fourth-order valence-corrected chi connectivity index (χ4v) is 11.8. The molecule has 42 heavy (non-hydrogen) atoms. The summed E-state index contributed by atoms with van der Waals surface area (Å²) in [6.07, 6.45) is 0. The van der Waals surface area contributed by atoms with E-state index in [4.69, 9.17) is 0 Å². The van der Waals surface area contributed by atoms with Crippen molar-refractivity contribution in [2.24, 2.45) is 0 Å². The molecule has 8 aromatic rings. The van der Waals surface area contributed by atoms with Gasteiger partial charge in [-0.05, 0) is 45.8 Å². The van der Waals surface area contributed by atoms with Gasteiger partial charge in [0.2, 0.25) is 0 Å². The summed E-state index contributed by atoms with van der Waals surface area (Å²) in [6, 6.07) is 63.3. The fraction of sp³-hybridized carbons (Fsp3) is 0. The number of rotatable bonds is 4. The van der Waals surface area contributed by atoms with Crippen LogP contribution in [0.1, 0.15) is 0 Å². The number of hydrogen-bond acceptors (Lipinski definition) is 0. The van der Waals surface area contributed by atoms with Crippen molar-refractivity contribution in [1.29, 1.82) is 0 Å². The van der Waals surface area contributed by atoms with Crippen molar-refractivity contribution < 1.29 is 12.4 Å². The average Bonchev–Trinajstić information content (AvgIpc) is 3.05. The molecule has 0 nitrogen and oxygen atoms in total. The topological polar surface area (TPSA) is 0 Å². The molecule has 2 heteroatoms. The Labute approximate surface area is 253 Å². The van der Waals surface area contributed by atoms with Gasteiger partial charge in [0.1, 0.15) is 28.5 Å². The summed E-state index contributed by atoms with van der Waals surface area (Å²) in [7, 11) is -2.49. The molecule has 0 saturated carbocycles. The van der Waals surface area contributed by atoms with E-state index in [0.717, 1.165) is 0 Å². The van der Waals surface area contributed by atoms with E-state index in [9.17, 15) is 0 Å². The number of hydrogen-bond donors (Lipinski definition) is 0. The number of fused-ring (bicyclic) bond motifs is 4. The standard InChI is InChI=1S/C40H28P.ClH/c1-5-21-33-29(13-1)17-9-25-37(33)41(38-26-10-18-30-14-2-6-22-34(30)38,39-27-11-19-31-15-3-7-23-35(31)39)40-28-12-20-32-16-4-8-24-36(32)40;/h1-28H;1H/q+1;/p-1. The molecule has 0 bridgehead atoms. The predicted molar refractivity (Wildman–Crippen MR) is 181 cm³/mol. The SMILES string of the molecule is [Cl-].c1ccc2c([P+](c3cccc4ccccc34)(c3cccc4ccccc34)c3cccc4ccccc34)cccc2c1. The molecule has 8 aromatic carbocycles. The van der Waals surface area contributed by atoms with Crippen LogP contribution in [0.4, 0.5) is 0 Å². The van der Waals surface area contributed by atoms with Crippen molar-refractivity contribution in [1.82, 2.24) is 0 Å². The van der Waals surface area contributed by atoms with Gasteiger partial charge in [-0.1, -0.05) is 146 Å². The second-order valence-electron chi connectivity index (χ2n) is 10.7. The van der Waals surface area contributed by atoms with Gasteiger partial charge in [-0.25, -0.2) is 0 Å². The molecule has 0 radical (unpaired) electrons. The fourth-order valence-electron chi connectivity index (χ4n) is 6.78. The zero-order chi connectivity index (χ0) is 27.2. The molecule has 0 aliphatic heterocycles. The second kappa shape index (κ2) is 10.7. The molecule has 0 fully saturated rings. The van der Waals surface area contributed by atoms with Crippen molar-refractivity contribution in [2.45, 2.75) is 0 Å². The van der Waals surface area contributed by atoms with Crippen LogP contribution in [-0.2, 0) is 0 Å². The highest BCUT2D eigenvalue weighted by Crippen LogP contribution is 2.59. The van der Waals surface area contributed by atoms with E-state index >= 15 is 0 Å². The minimum atomic E-state index is -2.49. The van der Waals surface area contributed by atoms with Gasteiger partial charge >= 0.3 is 0 Å². The third-order valence-corrected chi connectivity index (χ3v) is 13.0. The molecule has 0 aromatic heterocycles. The molecule has 0 aliphatic carbocycles. The first kappa shape index (κ1) is 26.4. The van der Waals surface area contributed by atoms with Crippen LogP contribution in [0.3, 0.4) is 0 Å². The molecule has 0 spiro atoms. The minimum absolute atomic E-state index is 0. The van der Waals surface area contributed by atoms with Gasteiger partial charge in [-0.3, -0.25) is 0 Å². The van der Waals surface area contributed by atoms with Crippen molar-refractivity contribution in [3.05, 3.63) is 170 Å². The summed E-state index contributed by atoms with van der Waals surface area (Å²) in [5.74, 6) is 0. The van der Waals surface area contributed by atoms with Crippen LogP contribution in [0.2, 0.25) is 0 Å². The summed E-state index contributed by atoms with van der Waals surface area (Å²) < 4.78 is 0. The van der Waals surface area contributed by atoms with E-state index in [1.807, 2.05) is 0 Å². The van der Waals surface area contributed by atoms with Crippen LogP contribution in [0.15, 0.2) is 170 Å². The monoisotopic (exact) mass is 574 g/mol. The first-order chi connectivity index (χ1) is 20.4. The summed E-state index contributed by atoms with van der Waals surface area (Å²) in [4.78, 5) is 0. The molecular weight excluding hydrogens is 547 g/mol. The lowest BCUT2D eigenvalue weighted by atomic mass is 10.1. The smallest absolute Gasteiger partial charge is 0.146 e. The molecule has 0 aliphatic rings.